The monoisotopic (exact) mass is 1320 g/mol. The zero-order valence-electron chi connectivity index (χ0n) is 58.0. The Balaban J connectivity index is 0.000000188. The highest BCUT2D eigenvalue weighted by Gasteiger charge is 2.41. The maximum atomic E-state index is 11.3. The van der Waals surface area contributed by atoms with Crippen LogP contribution in [0.5, 0.6) is 23.0 Å². The van der Waals surface area contributed by atoms with Crippen molar-refractivity contribution in [3.8, 4) is 23.0 Å². The van der Waals surface area contributed by atoms with Crippen molar-refractivity contribution in [3.05, 3.63) is 155 Å². The van der Waals surface area contributed by atoms with E-state index in [0.29, 0.717) is 83.1 Å². The number of hydrogen-bond donors (Lipinski definition) is 1. The second kappa shape index (κ2) is 36.0. The fourth-order valence-corrected chi connectivity index (χ4v) is 12.4. The van der Waals surface area contributed by atoms with E-state index in [9.17, 15) is 29.1 Å². The zero-order chi connectivity index (χ0) is 69.4. The molecule has 5 aliphatic rings. The summed E-state index contributed by atoms with van der Waals surface area (Å²) >= 11 is 0. The molecule has 520 valence electrons. The van der Waals surface area contributed by atoms with Crippen LogP contribution in [-0.4, -0.2) is 124 Å². The summed E-state index contributed by atoms with van der Waals surface area (Å²) in [6.07, 6.45) is 6.55. The molecule has 5 fully saturated rings. The van der Waals surface area contributed by atoms with Gasteiger partial charge in [-0.05, 0) is 104 Å². The molecular weight excluding hydrogens is 1220 g/mol. The molecule has 0 saturated carbocycles. The fourth-order valence-electron chi connectivity index (χ4n) is 12.4. The number of carbonyl (C=O) groups excluding carboxylic acids is 5. The van der Waals surface area contributed by atoms with Crippen LogP contribution in [0.15, 0.2) is 121 Å². The quantitative estimate of drug-likeness (QED) is 0.0757. The van der Waals surface area contributed by atoms with Gasteiger partial charge in [0.2, 0.25) is 0 Å². The molecule has 0 amide bonds. The highest BCUT2D eigenvalue weighted by Crippen LogP contribution is 2.43. The number of ether oxygens (including phenoxy) is 14. The van der Waals surface area contributed by atoms with Crippen LogP contribution in [0.2, 0.25) is 0 Å². The van der Waals surface area contributed by atoms with Crippen molar-refractivity contribution in [2.75, 3.05) is 61.5 Å². The molecule has 5 aromatic rings. The second-order valence-electron chi connectivity index (χ2n) is 25.7. The number of methoxy groups -OCH3 is 4. The summed E-state index contributed by atoms with van der Waals surface area (Å²) < 4.78 is 77.0. The maximum Gasteiger partial charge on any atom is 0.303 e. The maximum absolute atomic E-state index is 11.3. The minimum absolute atomic E-state index is 0.0136. The number of esters is 5. The Hall–Kier alpha value is -7.59. The smallest absolute Gasteiger partial charge is 0.303 e. The molecule has 0 spiro atoms. The van der Waals surface area contributed by atoms with Crippen LogP contribution < -0.4 is 18.9 Å². The normalized spacial score (nSPS) is 26.8. The van der Waals surface area contributed by atoms with Crippen molar-refractivity contribution in [3.63, 3.8) is 0 Å². The van der Waals surface area contributed by atoms with Gasteiger partial charge in [0, 0.05) is 105 Å². The average Bonchev–Trinajstić information content (AvgIpc) is 0.857. The largest absolute Gasteiger partial charge is 0.497 e. The van der Waals surface area contributed by atoms with Crippen molar-refractivity contribution < 1.29 is 95.4 Å². The summed E-state index contributed by atoms with van der Waals surface area (Å²) in [5.41, 5.74) is 3.81. The third-order valence-electron chi connectivity index (χ3n) is 17.2. The molecule has 10 atom stereocenters. The van der Waals surface area contributed by atoms with E-state index in [1.165, 1.54) is 34.6 Å². The molecule has 10 rings (SSSR count). The number of rotatable bonds is 15. The van der Waals surface area contributed by atoms with E-state index in [-0.39, 0.29) is 67.0 Å². The Morgan fingerprint density at radius 3 is 1.05 bits per heavy atom. The van der Waals surface area contributed by atoms with Crippen molar-refractivity contribution in [2.45, 2.75) is 199 Å². The highest BCUT2D eigenvalue weighted by molar-refractivity contribution is 5.68. The Bertz CT molecular complexity index is 3220. The van der Waals surface area contributed by atoms with E-state index in [0.717, 1.165) is 70.6 Å². The van der Waals surface area contributed by atoms with E-state index < -0.39 is 28.0 Å². The summed E-state index contributed by atoms with van der Waals surface area (Å²) in [5, 5.41) is 9.38. The number of aliphatic hydroxyl groups is 1. The van der Waals surface area contributed by atoms with Crippen LogP contribution >= 0.6 is 0 Å². The van der Waals surface area contributed by atoms with Crippen molar-refractivity contribution in [1.82, 2.24) is 0 Å². The second-order valence-corrected chi connectivity index (χ2v) is 25.7. The third kappa shape index (κ3) is 24.5. The van der Waals surface area contributed by atoms with E-state index in [2.05, 4.69) is 0 Å². The zero-order valence-corrected chi connectivity index (χ0v) is 58.0. The van der Waals surface area contributed by atoms with Gasteiger partial charge in [0.05, 0.1) is 98.6 Å². The summed E-state index contributed by atoms with van der Waals surface area (Å²) in [7, 11) is 6.51. The molecule has 0 aliphatic carbocycles. The van der Waals surface area contributed by atoms with Crippen molar-refractivity contribution in [1.29, 1.82) is 0 Å². The molecule has 0 radical (unpaired) electrons. The van der Waals surface area contributed by atoms with Crippen LogP contribution in [0.1, 0.15) is 197 Å². The Morgan fingerprint density at radius 2 is 0.674 bits per heavy atom. The van der Waals surface area contributed by atoms with Gasteiger partial charge in [-0.25, -0.2) is 0 Å². The lowest BCUT2D eigenvalue weighted by Gasteiger charge is -2.38. The number of aliphatic hydroxyl groups excluding tert-OH is 1. The van der Waals surface area contributed by atoms with Crippen LogP contribution in [0.4, 0.5) is 0 Å². The van der Waals surface area contributed by atoms with Gasteiger partial charge in [-0.2, -0.15) is 0 Å². The van der Waals surface area contributed by atoms with Gasteiger partial charge in [-0.15, -0.1) is 0 Å². The lowest BCUT2D eigenvalue weighted by atomic mass is 9.87. The Morgan fingerprint density at radius 1 is 0.358 bits per heavy atom. The molecule has 10 unspecified atom stereocenters. The standard InChI is InChI=1S/C16H22O5.3C15H20O4.C14H18O3/c1-11(17)21-16(2)5-6-20-15(10-16)12-7-13(18-3)9-14(8-12)19-4;1-11(16)19-15(2)8-9-18-14(10-15)12-4-6-13(17-3)7-5-12;1-11(16)19-15(2)7-8-18-14(10-15)12-5-4-6-13(9-12)17-3;1-11(17)19-15(2)7-8-18-14(9-15)13-6-4-3-5-12(13)10-16;1-11(15)17-14(2)8-9-16-13(10-14)12-6-4-3-5-7-12/h7-9,15H,5-6,10H2,1-4H3;4-7,14H,8-10H2,1-3H3;4-6,9,14H,7-8,10H2,1-3H3;3-6,14,16H,7-10H2,1-2H3;3-7,13H,8-10H2,1-2H3. The van der Waals surface area contributed by atoms with Gasteiger partial charge >= 0.3 is 29.8 Å². The van der Waals surface area contributed by atoms with E-state index in [1.54, 1.807) is 28.4 Å². The van der Waals surface area contributed by atoms with Gasteiger partial charge in [-0.3, -0.25) is 24.0 Å². The van der Waals surface area contributed by atoms with Gasteiger partial charge in [-0.1, -0.05) is 78.9 Å². The van der Waals surface area contributed by atoms with Crippen molar-refractivity contribution >= 4 is 29.8 Å². The van der Waals surface area contributed by atoms with Gasteiger partial charge in [0.1, 0.15) is 51.0 Å². The molecule has 5 saturated heterocycles. The summed E-state index contributed by atoms with van der Waals surface area (Å²) in [4.78, 5) is 55.9. The molecular formula is C75H100O20. The predicted molar refractivity (Wildman–Crippen MR) is 355 cm³/mol. The van der Waals surface area contributed by atoms with Gasteiger partial charge < -0.3 is 71.4 Å². The first kappa shape index (κ1) is 76.4. The Kier molecular flexibility index (Phi) is 28.9. The first-order chi connectivity index (χ1) is 45.1. The minimum Gasteiger partial charge on any atom is -0.497 e. The molecule has 5 aliphatic heterocycles. The van der Waals surface area contributed by atoms with Crippen LogP contribution in [0.25, 0.3) is 0 Å². The highest BCUT2D eigenvalue weighted by atomic mass is 16.6. The lowest BCUT2D eigenvalue weighted by molar-refractivity contribution is -0.171. The number of benzene rings is 5. The number of carbonyl (C=O) groups is 5. The third-order valence-corrected chi connectivity index (χ3v) is 17.2. The fraction of sp³-hybridized carbons (Fsp3) is 0.533. The molecule has 20 heteroatoms. The summed E-state index contributed by atoms with van der Waals surface area (Å²) in [5.74, 6) is 1.83. The van der Waals surface area contributed by atoms with E-state index in [4.69, 9.17) is 66.3 Å². The summed E-state index contributed by atoms with van der Waals surface area (Å²) in [6, 6.07) is 39.0. The molecule has 5 aromatic carbocycles. The lowest BCUT2D eigenvalue weighted by Crippen LogP contribution is -2.39. The topological polar surface area (TPSA) is 235 Å². The minimum atomic E-state index is -0.495. The predicted octanol–water partition coefficient (Wildman–Crippen LogP) is 13.8. The molecule has 1 N–H and O–H groups in total. The molecule has 0 aromatic heterocycles. The molecule has 20 nitrogen and oxygen atoms in total. The SMILES string of the molecule is CC(=O)OC1(C)CCOC(c2ccccc2)C1.CC(=O)OC1(C)CCOC(c2ccccc2CO)C1.COc1cc(OC)cc(C2CC(C)(OC(C)=O)CCO2)c1.COc1ccc(C2CC(C)(OC(C)=O)CCO2)cc1.COc1cccc(C2CC(C)(OC(C)=O)CCO2)c1. The first-order valence-corrected chi connectivity index (χ1v) is 32.4. The van der Waals surface area contributed by atoms with Gasteiger partial charge in [0.15, 0.2) is 0 Å². The molecule has 5 heterocycles. The van der Waals surface area contributed by atoms with Gasteiger partial charge in [0.25, 0.3) is 0 Å². The van der Waals surface area contributed by atoms with Crippen molar-refractivity contribution in [2.24, 2.45) is 0 Å². The van der Waals surface area contributed by atoms with E-state index in [1.807, 2.05) is 156 Å². The number of hydrogen-bond acceptors (Lipinski definition) is 20. The van der Waals surface area contributed by atoms with Crippen LogP contribution in [-0.2, 0) is 77.9 Å². The van der Waals surface area contributed by atoms with E-state index >= 15 is 0 Å². The van der Waals surface area contributed by atoms with Crippen LogP contribution in [0.3, 0.4) is 0 Å². The average molecular weight is 1320 g/mol. The Labute approximate surface area is 560 Å². The summed E-state index contributed by atoms with van der Waals surface area (Å²) in [6.45, 7) is 19.9. The van der Waals surface area contributed by atoms with Crippen LogP contribution in [0, 0.1) is 0 Å². The first-order valence-electron chi connectivity index (χ1n) is 32.4. The molecule has 95 heavy (non-hydrogen) atoms. The molecule has 0 bridgehead atoms.